The molecule has 0 aromatic rings. The highest BCUT2D eigenvalue weighted by Crippen LogP contribution is 2.03. The number of likely N-dealkylation sites (N-methyl/N-ethyl adjacent to an activating group) is 2. The zero-order valence-corrected chi connectivity index (χ0v) is 9.74. The minimum atomic E-state index is 0.583. The third-order valence-electron chi connectivity index (χ3n) is 2.21. The van der Waals surface area contributed by atoms with Gasteiger partial charge in [-0.2, -0.15) is 11.8 Å². The van der Waals surface area contributed by atoms with Crippen LogP contribution in [-0.2, 0) is 0 Å². The molecule has 0 saturated heterocycles. The first-order chi connectivity index (χ1) is 5.61. The zero-order chi connectivity index (χ0) is 9.56. The van der Waals surface area contributed by atoms with Gasteiger partial charge in [0.25, 0.3) is 0 Å². The van der Waals surface area contributed by atoms with E-state index >= 15 is 0 Å². The Morgan fingerprint density at radius 3 is 2.42 bits per heavy atom. The fourth-order valence-electron chi connectivity index (χ4n) is 1.07. The summed E-state index contributed by atoms with van der Waals surface area (Å²) >= 11 is 1.91. The average molecular weight is 190 g/mol. The van der Waals surface area contributed by atoms with Crippen molar-refractivity contribution in [1.29, 1.82) is 0 Å². The molecule has 0 saturated carbocycles. The molecular formula is C9H22N2S. The van der Waals surface area contributed by atoms with Gasteiger partial charge in [0, 0.05) is 24.4 Å². The lowest BCUT2D eigenvalue weighted by Crippen LogP contribution is -2.40. The van der Waals surface area contributed by atoms with E-state index in [-0.39, 0.29) is 0 Å². The molecule has 74 valence electrons. The van der Waals surface area contributed by atoms with Gasteiger partial charge < -0.3 is 10.2 Å². The SMILES string of the molecule is CNC(C)CN(C)C(C)CSC. The number of hydrogen-bond donors (Lipinski definition) is 1. The lowest BCUT2D eigenvalue weighted by Gasteiger charge is -2.26. The molecule has 0 spiro atoms. The Morgan fingerprint density at radius 1 is 1.42 bits per heavy atom. The van der Waals surface area contributed by atoms with E-state index in [4.69, 9.17) is 0 Å². The van der Waals surface area contributed by atoms with Crippen molar-refractivity contribution < 1.29 is 0 Å². The molecule has 0 heterocycles. The molecule has 0 aliphatic heterocycles. The molecule has 0 aromatic heterocycles. The van der Waals surface area contributed by atoms with Gasteiger partial charge >= 0.3 is 0 Å². The highest BCUT2D eigenvalue weighted by Gasteiger charge is 2.10. The molecule has 2 unspecified atom stereocenters. The highest BCUT2D eigenvalue weighted by atomic mass is 32.2. The molecule has 2 nitrogen and oxygen atoms in total. The maximum Gasteiger partial charge on any atom is 0.0163 e. The lowest BCUT2D eigenvalue weighted by atomic mass is 10.2. The molecule has 0 aromatic carbocycles. The van der Waals surface area contributed by atoms with E-state index in [1.807, 2.05) is 18.8 Å². The minimum absolute atomic E-state index is 0.583. The molecule has 0 rings (SSSR count). The van der Waals surface area contributed by atoms with Crippen LogP contribution < -0.4 is 5.32 Å². The van der Waals surface area contributed by atoms with Gasteiger partial charge in [-0.25, -0.2) is 0 Å². The first-order valence-electron chi connectivity index (χ1n) is 4.48. The van der Waals surface area contributed by atoms with Crippen molar-refractivity contribution in [2.24, 2.45) is 0 Å². The second kappa shape index (κ2) is 6.75. The minimum Gasteiger partial charge on any atom is -0.316 e. The monoisotopic (exact) mass is 190 g/mol. The number of hydrogen-bond acceptors (Lipinski definition) is 3. The Bertz CT molecular complexity index is 109. The summed E-state index contributed by atoms with van der Waals surface area (Å²) in [5, 5.41) is 3.24. The van der Waals surface area contributed by atoms with E-state index in [1.54, 1.807) is 0 Å². The van der Waals surface area contributed by atoms with Crippen LogP contribution in [0.1, 0.15) is 13.8 Å². The Balaban J connectivity index is 3.62. The van der Waals surface area contributed by atoms with Crippen molar-refractivity contribution >= 4 is 11.8 Å². The van der Waals surface area contributed by atoms with Gasteiger partial charge in [0.15, 0.2) is 0 Å². The van der Waals surface area contributed by atoms with E-state index in [2.05, 4.69) is 37.4 Å². The molecule has 0 aliphatic carbocycles. The molecule has 0 aliphatic rings. The van der Waals surface area contributed by atoms with Gasteiger partial charge in [-0.1, -0.05) is 0 Å². The second-order valence-corrected chi connectivity index (χ2v) is 4.34. The van der Waals surface area contributed by atoms with Crippen LogP contribution in [-0.4, -0.2) is 49.6 Å². The number of thioether (sulfide) groups is 1. The van der Waals surface area contributed by atoms with Crippen molar-refractivity contribution in [3.63, 3.8) is 0 Å². The molecule has 0 amide bonds. The van der Waals surface area contributed by atoms with E-state index in [9.17, 15) is 0 Å². The number of nitrogens with one attached hydrogen (secondary N) is 1. The van der Waals surface area contributed by atoms with Gasteiger partial charge in [-0.05, 0) is 34.2 Å². The highest BCUT2D eigenvalue weighted by molar-refractivity contribution is 7.98. The zero-order valence-electron chi connectivity index (χ0n) is 8.92. The molecule has 12 heavy (non-hydrogen) atoms. The van der Waals surface area contributed by atoms with Crippen LogP contribution >= 0.6 is 11.8 Å². The molecule has 1 N–H and O–H groups in total. The van der Waals surface area contributed by atoms with Crippen molar-refractivity contribution in [3.8, 4) is 0 Å². The van der Waals surface area contributed by atoms with E-state index in [0.29, 0.717) is 12.1 Å². The Morgan fingerprint density at radius 2 is 2.00 bits per heavy atom. The predicted octanol–water partition coefficient (Wildman–Crippen LogP) is 1.28. The summed E-state index contributed by atoms with van der Waals surface area (Å²) in [6.45, 7) is 5.61. The van der Waals surface area contributed by atoms with Crippen molar-refractivity contribution in [1.82, 2.24) is 10.2 Å². The molecule has 0 bridgehead atoms. The lowest BCUT2D eigenvalue weighted by molar-refractivity contribution is 0.254. The van der Waals surface area contributed by atoms with Gasteiger partial charge in [0.1, 0.15) is 0 Å². The molecule has 0 radical (unpaired) electrons. The summed E-state index contributed by atoms with van der Waals surface area (Å²) < 4.78 is 0. The van der Waals surface area contributed by atoms with Crippen molar-refractivity contribution in [2.75, 3.05) is 32.6 Å². The third kappa shape index (κ3) is 5.01. The van der Waals surface area contributed by atoms with Crippen LogP contribution in [0.25, 0.3) is 0 Å². The van der Waals surface area contributed by atoms with Gasteiger partial charge in [0.05, 0.1) is 0 Å². The first-order valence-corrected chi connectivity index (χ1v) is 5.87. The summed E-state index contributed by atoms with van der Waals surface area (Å²) in [4.78, 5) is 2.40. The van der Waals surface area contributed by atoms with Crippen LogP contribution in [0.5, 0.6) is 0 Å². The molecule has 2 atom stereocenters. The van der Waals surface area contributed by atoms with Crippen LogP contribution in [0.4, 0.5) is 0 Å². The smallest absolute Gasteiger partial charge is 0.0163 e. The molecular weight excluding hydrogens is 168 g/mol. The summed E-state index contributed by atoms with van der Waals surface area (Å²) in [5.74, 6) is 1.22. The van der Waals surface area contributed by atoms with Crippen LogP contribution in [0.3, 0.4) is 0 Å². The van der Waals surface area contributed by atoms with Gasteiger partial charge in [-0.15, -0.1) is 0 Å². The van der Waals surface area contributed by atoms with Crippen molar-refractivity contribution in [3.05, 3.63) is 0 Å². The maximum absolute atomic E-state index is 3.24. The topological polar surface area (TPSA) is 15.3 Å². The fourth-order valence-corrected chi connectivity index (χ4v) is 1.81. The standard InChI is InChI=1S/C9H22N2S/c1-8(10-3)6-11(4)9(2)7-12-5/h8-10H,6-7H2,1-5H3. The Kier molecular flexibility index (Phi) is 6.90. The van der Waals surface area contributed by atoms with Crippen LogP contribution in [0.15, 0.2) is 0 Å². The summed E-state index contributed by atoms with van der Waals surface area (Å²) in [6, 6.07) is 1.26. The summed E-state index contributed by atoms with van der Waals surface area (Å²) in [7, 11) is 4.20. The normalized spacial score (nSPS) is 16.5. The van der Waals surface area contributed by atoms with Crippen LogP contribution in [0, 0.1) is 0 Å². The van der Waals surface area contributed by atoms with Gasteiger partial charge in [0.2, 0.25) is 0 Å². The predicted molar refractivity (Wildman–Crippen MR) is 59.0 cm³/mol. The third-order valence-corrected chi connectivity index (χ3v) is 3.03. The fraction of sp³-hybridized carbons (Fsp3) is 1.00. The van der Waals surface area contributed by atoms with Crippen molar-refractivity contribution in [2.45, 2.75) is 25.9 Å². The number of rotatable bonds is 6. The Labute approximate surface area is 81.1 Å². The van der Waals surface area contributed by atoms with E-state index < -0.39 is 0 Å². The summed E-state index contributed by atoms with van der Waals surface area (Å²) in [5.41, 5.74) is 0. The van der Waals surface area contributed by atoms with E-state index in [0.717, 1.165) is 6.54 Å². The van der Waals surface area contributed by atoms with Gasteiger partial charge in [-0.3, -0.25) is 0 Å². The largest absolute Gasteiger partial charge is 0.316 e. The first kappa shape index (κ1) is 12.3. The summed E-state index contributed by atoms with van der Waals surface area (Å²) in [6.07, 6.45) is 2.16. The van der Waals surface area contributed by atoms with E-state index in [1.165, 1.54) is 5.75 Å². The quantitative estimate of drug-likeness (QED) is 0.679. The van der Waals surface area contributed by atoms with Crippen LogP contribution in [0.2, 0.25) is 0 Å². The maximum atomic E-state index is 3.24. The molecule has 0 fully saturated rings. The number of nitrogens with zero attached hydrogens (tertiary/aromatic N) is 1. The second-order valence-electron chi connectivity index (χ2n) is 3.43. The Hall–Kier alpha value is 0.270. The molecule has 3 heteroatoms. The average Bonchev–Trinajstić information content (AvgIpc) is 2.04.